The van der Waals surface area contributed by atoms with Crippen molar-refractivity contribution in [1.29, 1.82) is 5.26 Å². The van der Waals surface area contributed by atoms with Gasteiger partial charge in [-0.3, -0.25) is 24.7 Å². The fourth-order valence-corrected chi connectivity index (χ4v) is 5.19. The van der Waals surface area contributed by atoms with Crippen molar-refractivity contribution in [2.45, 2.75) is 31.1 Å². The molecule has 0 saturated carbocycles. The molecule has 0 aromatic heterocycles. The minimum atomic E-state index is -4.70. The van der Waals surface area contributed by atoms with Crippen LogP contribution in [-0.2, 0) is 4.79 Å². The summed E-state index contributed by atoms with van der Waals surface area (Å²) in [5.74, 6) is -5.02. The van der Waals surface area contributed by atoms with Gasteiger partial charge < -0.3 is 0 Å². The highest BCUT2D eigenvalue weighted by Gasteiger charge is 2.60. The molecular weight excluding hydrogens is 507 g/mol. The van der Waals surface area contributed by atoms with Crippen molar-refractivity contribution in [2.75, 3.05) is 0 Å². The van der Waals surface area contributed by atoms with Gasteiger partial charge in [-0.2, -0.15) is 18.4 Å². The molecule has 1 saturated heterocycles. The molecule has 0 radical (unpaired) electrons. The minimum absolute atomic E-state index is 0.0750. The Bertz CT molecular complexity index is 1400. The van der Waals surface area contributed by atoms with Crippen molar-refractivity contribution in [3.63, 3.8) is 0 Å². The molecule has 184 valence electrons. The summed E-state index contributed by atoms with van der Waals surface area (Å²) in [4.78, 5) is 51.7. The van der Waals surface area contributed by atoms with Gasteiger partial charge in [-0.05, 0) is 18.6 Å². The molecule has 1 aromatic rings. The Kier molecular flexibility index (Phi) is 5.26. The first-order chi connectivity index (χ1) is 16.9. The monoisotopic (exact) mass is 520 g/mol. The lowest BCUT2D eigenvalue weighted by Crippen LogP contribution is -2.47. The highest BCUT2D eigenvalue weighted by Crippen LogP contribution is 2.44. The maximum Gasteiger partial charge on any atom is 0.425 e. The van der Waals surface area contributed by atoms with Crippen LogP contribution in [0.1, 0.15) is 23.2 Å². The molecule has 1 aliphatic carbocycles. The molecule has 4 aliphatic rings. The van der Waals surface area contributed by atoms with Crippen LogP contribution in [0.4, 0.5) is 23.7 Å². The normalized spacial score (nSPS) is 26.9. The maximum absolute atomic E-state index is 13.5. The minimum Gasteiger partial charge on any atom is -0.270 e. The number of rotatable bonds is 3. The summed E-state index contributed by atoms with van der Waals surface area (Å²) in [6, 6.07) is 2.31. The largest absolute Gasteiger partial charge is 0.425 e. The summed E-state index contributed by atoms with van der Waals surface area (Å²) >= 11 is 5.80. The molecule has 3 heterocycles. The number of allylic oxidation sites excluding steroid dienone is 1. The number of hydrogen-bond donors (Lipinski definition) is 0. The van der Waals surface area contributed by atoms with E-state index in [1.54, 1.807) is 6.07 Å². The summed E-state index contributed by atoms with van der Waals surface area (Å²) in [6.07, 6.45) is -1.54. The second kappa shape index (κ2) is 7.99. The standard InChI is InChI=1S/C22H14ClF3N5O5/c23-15-4-2-10(5-16(15)31(35)36)19(32)28-9-13-7-17(28)18-20(33)30(21(34)29(13)18)12-3-1-11(8-27)14(6-12)22(24,25)26/h1-5,9,11-14H,6-7H2/q+1/t11?,12?,13-,14?/m0/s1. The van der Waals surface area contributed by atoms with Gasteiger partial charge >= 0.3 is 18.1 Å². The number of benzene rings is 1. The number of urea groups is 1. The van der Waals surface area contributed by atoms with Gasteiger partial charge in [0.05, 0.1) is 40.9 Å². The van der Waals surface area contributed by atoms with Gasteiger partial charge in [0.1, 0.15) is 11.1 Å². The van der Waals surface area contributed by atoms with Crippen LogP contribution in [0, 0.1) is 33.3 Å². The summed E-state index contributed by atoms with van der Waals surface area (Å²) in [5, 5.41) is 20.1. The Balaban J connectivity index is 1.46. The van der Waals surface area contributed by atoms with E-state index in [9.17, 15) is 37.7 Å². The van der Waals surface area contributed by atoms with E-state index in [-0.39, 0.29) is 28.4 Å². The zero-order valence-corrected chi connectivity index (χ0v) is 18.7. The van der Waals surface area contributed by atoms with Crippen LogP contribution < -0.4 is 0 Å². The number of halogens is 4. The topological polar surface area (TPSA) is 128 Å². The number of nitro benzene ring substituents is 1. The van der Waals surface area contributed by atoms with E-state index in [2.05, 4.69) is 0 Å². The third kappa shape index (κ3) is 3.40. The van der Waals surface area contributed by atoms with E-state index in [4.69, 9.17) is 16.9 Å². The van der Waals surface area contributed by atoms with E-state index in [1.807, 2.05) is 0 Å². The van der Waals surface area contributed by atoms with Gasteiger partial charge in [0.15, 0.2) is 11.9 Å². The molecule has 5 rings (SSSR count). The quantitative estimate of drug-likeness (QED) is 0.198. The number of nitro groups is 1. The molecule has 36 heavy (non-hydrogen) atoms. The van der Waals surface area contributed by atoms with E-state index < -0.39 is 65.0 Å². The lowest BCUT2D eigenvalue weighted by molar-refractivity contribution is -0.385. The third-order valence-electron chi connectivity index (χ3n) is 6.67. The Morgan fingerprint density at radius 3 is 2.58 bits per heavy atom. The predicted octanol–water partition coefficient (Wildman–Crippen LogP) is 3.38. The average Bonchev–Trinajstić information content (AvgIpc) is 3.49. The van der Waals surface area contributed by atoms with Crippen LogP contribution in [0.3, 0.4) is 0 Å². The van der Waals surface area contributed by atoms with Crippen molar-refractivity contribution >= 4 is 41.3 Å². The second-order valence-electron chi connectivity index (χ2n) is 8.63. The summed E-state index contributed by atoms with van der Waals surface area (Å²) in [5.41, 5.74) is -0.508. The number of alkyl halides is 3. The Morgan fingerprint density at radius 2 is 1.94 bits per heavy atom. The van der Waals surface area contributed by atoms with E-state index in [0.29, 0.717) is 0 Å². The molecule has 1 fully saturated rings. The van der Waals surface area contributed by atoms with Crippen LogP contribution in [-0.4, -0.2) is 61.6 Å². The molecule has 0 spiro atoms. The van der Waals surface area contributed by atoms with Crippen LogP contribution in [0.5, 0.6) is 0 Å². The van der Waals surface area contributed by atoms with Crippen molar-refractivity contribution < 1.29 is 37.1 Å². The average molecular weight is 521 g/mol. The summed E-state index contributed by atoms with van der Waals surface area (Å²) in [7, 11) is 0. The number of nitrogens with zero attached hydrogens (tertiary/aromatic N) is 5. The van der Waals surface area contributed by atoms with Crippen molar-refractivity contribution in [2.24, 2.45) is 11.8 Å². The SMILES string of the molecule is N#CC1C=CC(N2C(=O)C3=C4C[C@@H](C=[N+]4C(=O)c4ccc(Cl)c([N+](=O)[O-])c4)N3C2=O)CC1C(F)(F)F. The molecular formula is C22H14ClF3N5O5+. The highest BCUT2D eigenvalue weighted by molar-refractivity contribution is 6.32. The highest BCUT2D eigenvalue weighted by atomic mass is 35.5. The first-order valence-corrected chi connectivity index (χ1v) is 11.0. The first kappa shape index (κ1) is 23.7. The number of fused-ring (bicyclic) bond motifs is 4. The molecule has 1 aromatic carbocycles. The molecule has 10 nitrogen and oxygen atoms in total. The molecule has 2 bridgehead atoms. The van der Waals surface area contributed by atoms with E-state index >= 15 is 0 Å². The van der Waals surface area contributed by atoms with Crippen molar-refractivity contribution in [3.8, 4) is 6.07 Å². The van der Waals surface area contributed by atoms with Gasteiger partial charge in [-0.15, -0.1) is 4.58 Å². The lowest BCUT2D eigenvalue weighted by Gasteiger charge is -2.33. The predicted molar refractivity (Wildman–Crippen MR) is 114 cm³/mol. The molecule has 3 unspecified atom stereocenters. The van der Waals surface area contributed by atoms with E-state index in [1.165, 1.54) is 24.4 Å². The zero-order chi connectivity index (χ0) is 26.1. The fourth-order valence-electron chi connectivity index (χ4n) is 5.00. The first-order valence-electron chi connectivity index (χ1n) is 10.6. The Labute approximate surface area is 205 Å². The van der Waals surface area contributed by atoms with Gasteiger partial charge in [0.25, 0.3) is 11.6 Å². The number of carbonyl (C=O) groups is 3. The Hall–Kier alpha value is -4.05. The molecule has 0 N–H and O–H groups in total. The Morgan fingerprint density at radius 1 is 1.22 bits per heavy atom. The van der Waals surface area contributed by atoms with Gasteiger partial charge in [0.2, 0.25) is 5.70 Å². The third-order valence-corrected chi connectivity index (χ3v) is 6.99. The van der Waals surface area contributed by atoms with Gasteiger partial charge in [-0.1, -0.05) is 23.8 Å². The van der Waals surface area contributed by atoms with Crippen LogP contribution in [0.2, 0.25) is 5.02 Å². The maximum atomic E-state index is 13.5. The number of amides is 4. The smallest absolute Gasteiger partial charge is 0.270 e. The number of imide groups is 1. The summed E-state index contributed by atoms with van der Waals surface area (Å²) in [6.45, 7) is 0. The van der Waals surface area contributed by atoms with Crippen LogP contribution in [0.25, 0.3) is 0 Å². The van der Waals surface area contributed by atoms with Crippen molar-refractivity contribution in [1.82, 2.24) is 9.80 Å². The van der Waals surface area contributed by atoms with Crippen molar-refractivity contribution in [3.05, 3.63) is 62.4 Å². The van der Waals surface area contributed by atoms with E-state index in [0.717, 1.165) is 26.5 Å². The number of carbonyl (C=O) groups excluding carboxylic acids is 3. The second-order valence-corrected chi connectivity index (χ2v) is 9.04. The zero-order valence-electron chi connectivity index (χ0n) is 18.0. The molecule has 3 aliphatic heterocycles. The fraction of sp³-hybridized carbons (Fsp3) is 0.318. The number of nitriles is 1. The van der Waals surface area contributed by atoms with Crippen LogP contribution >= 0.6 is 11.6 Å². The summed E-state index contributed by atoms with van der Waals surface area (Å²) < 4.78 is 41.7. The molecule has 4 amide bonds. The number of hydrogen-bond acceptors (Lipinski definition) is 6. The van der Waals surface area contributed by atoms with Gasteiger partial charge in [-0.25, -0.2) is 9.59 Å². The van der Waals surface area contributed by atoms with Crippen LogP contribution in [0.15, 0.2) is 41.7 Å². The molecule has 4 atom stereocenters. The lowest BCUT2D eigenvalue weighted by atomic mass is 9.81. The van der Waals surface area contributed by atoms with Gasteiger partial charge in [0, 0.05) is 6.07 Å². The molecule has 14 heteroatoms.